The Morgan fingerprint density at radius 3 is 3.06 bits per heavy atom. The fraction of sp³-hybridized carbons (Fsp3) is 0.727. The summed E-state index contributed by atoms with van der Waals surface area (Å²) in [6, 6.07) is 0. The van der Waals surface area contributed by atoms with Gasteiger partial charge in [-0.25, -0.2) is 0 Å². The lowest BCUT2D eigenvalue weighted by atomic mass is 10.2. The lowest BCUT2D eigenvalue weighted by Gasteiger charge is -2.13. The van der Waals surface area contributed by atoms with Gasteiger partial charge in [-0.3, -0.25) is 4.68 Å². The minimum absolute atomic E-state index is 0.523. The Kier molecular flexibility index (Phi) is 6.96. The second-order valence-corrected chi connectivity index (χ2v) is 5.40. The van der Waals surface area contributed by atoms with E-state index in [0.717, 1.165) is 11.5 Å². The highest BCUT2D eigenvalue weighted by Gasteiger charge is 2.17. The molecule has 0 saturated heterocycles. The second-order valence-electron chi connectivity index (χ2n) is 3.60. The molecule has 0 saturated carbocycles. The van der Waals surface area contributed by atoms with Crippen molar-refractivity contribution in [1.29, 1.82) is 0 Å². The molecule has 0 aliphatic rings. The Balaban J connectivity index is 2.63. The van der Waals surface area contributed by atoms with Crippen molar-refractivity contribution < 1.29 is 9.84 Å². The molecule has 4 nitrogen and oxygen atoms in total. The fourth-order valence-corrected chi connectivity index (χ4v) is 2.48. The van der Waals surface area contributed by atoms with Crippen molar-refractivity contribution >= 4 is 23.4 Å². The third kappa shape index (κ3) is 4.50. The summed E-state index contributed by atoms with van der Waals surface area (Å²) >= 11 is 7.85. The van der Waals surface area contributed by atoms with Crippen LogP contribution >= 0.6 is 23.4 Å². The molecule has 1 atom stereocenters. The van der Waals surface area contributed by atoms with Crippen molar-refractivity contribution in [3.8, 4) is 0 Å². The van der Waals surface area contributed by atoms with Crippen LogP contribution in [0.5, 0.6) is 0 Å². The molecule has 0 radical (unpaired) electrons. The minimum atomic E-state index is -0.555. The number of aromatic nitrogens is 2. The largest absolute Gasteiger partial charge is 0.387 e. The third-order valence-electron chi connectivity index (χ3n) is 2.40. The highest BCUT2D eigenvalue weighted by Crippen LogP contribution is 2.26. The average Bonchev–Trinajstić information content (AvgIpc) is 2.68. The number of thioether (sulfide) groups is 1. The lowest BCUT2D eigenvalue weighted by molar-refractivity contribution is 0.151. The Labute approximate surface area is 111 Å². The predicted octanol–water partition coefficient (Wildman–Crippen LogP) is 2.36. The van der Waals surface area contributed by atoms with Gasteiger partial charge in [0.1, 0.15) is 0 Å². The molecule has 98 valence electrons. The summed E-state index contributed by atoms with van der Waals surface area (Å²) in [5.41, 5.74) is 0.695. The van der Waals surface area contributed by atoms with E-state index in [4.69, 9.17) is 16.3 Å². The summed E-state index contributed by atoms with van der Waals surface area (Å²) in [5, 5.41) is 14.8. The topological polar surface area (TPSA) is 47.3 Å². The Hall–Kier alpha value is -0.230. The molecule has 0 aromatic carbocycles. The van der Waals surface area contributed by atoms with E-state index in [1.165, 1.54) is 0 Å². The van der Waals surface area contributed by atoms with E-state index in [1.807, 2.05) is 0 Å². The standard InChI is InChI=1S/C11H19ClN2O2S/c1-3-17-7-4-10(15)11-9(12)8-13-14(11)5-6-16-2/h8,10,15H,3-7H2,1-2H3. The molecular formula is C11H19ClN2O2S. The van der Waals surface area contributed by atoms with E-state index < -0.39 is 6.10 Å². The molecule has 1 rings (SSSR count). The summed E-state index contributed by atoms with van der Waals surface area (Å²) in [6.07, 6.45) is 1.71. The van der Waals surface area contributed by atoms with Crippen LogP contribution in [0.4, 0.5) is 0 Å². The molecule has 1 heterocycles. The number of nitrogens with zero attached hydrogens (tertiary/aromatic N) is 2. The number of hydrogen-bond donors (Lipinski definition) is 1. The van der Waals surface area contributed by atoms with E-state index in [2.05, 4.69) is 12.0 Å². The lowest BCUT2D eigenvalue weighted by Crippen LogP contribution is -2.13. The molecule has 1 aromatic heterocycles. The zero-order valence-electron chi connectivity index (χ0n) is 10.2. The van der Waals surface area contributed by atoms with Crippen molar-refractivity contribution in [3.05, 3.63) is 16.9 Å². The maximum atomic E-state index is 10.1. The maximum Gasteiger partial charge on any atom is 0.0979 e. The van der Waals surface area contributed by atoms with Crippen molar-refractivity contribution in [2.24, 2.45) is 0 Å². The number of aliphatic hydroxyl groups is 1. The van der Waals surface area contributed by atoms with E-state index >= 15 is 0 Å². The molecule has 0 spiro atoms. The van der Waals surface area contributed by atoms with Gasteiger partial charge in [-0.05, 0) is 17.9 Å². The van der Waals surface area contributed by atoms with Crippen LogP contribution in [0.1, 0.15) is 25.1 Å². The van der Waals surface area contributed by atoms with Gasteiger partial charge in [-0.15, -0.1) is 0 Å². The summed E-state index contributed by atoms with van der Waals surface area (Å²) in [7, 11) is 1.64. The highest BCUT2D eigenvalue weighted by molar-refractivity contribution is 7.99. The van der Waals surface area contributed by atoms with Crippen molar-refractivity contribution in [2.75, 3.05) is 25.2 Å². The van der Waals surface area contributed by atoms with Crippen molar-refractivity contribution in [2.45, 2.75) is 26.0 Å². The van der Waals surface area contributed by atoms with Gasteiger partial charge in [-0.2, -0.15) is 16.9 Å². The Morgan fingerprint density at radius 2 is 2.41 bits per heavy atom. The van der Waals surface area contributed by atoms with Crippen LogP contribution in [-0.4, -0.2) is 40.1 Å². The fourth-order valence-electron chi connectivity index (χ4n) is 1.54. The van der Waals surface area contributed by atoms with Crippen LogP contribution in [-0.2, 0) is 11.3 Å². The minimum Gasteiger partial charge on any atom is -0.387 e. The van der Waals surface area contributed by atoms with E-state index in [1.54, 1.807) is 29.8 Å². The van der Waals surface area contributed by atoms with Gasteiger partial charge in [0.15, 0.2) is 0 Å². The molecule has 6 heteroatoms. The quantitative estimate of drug-likeness (QED) is 0.742. The summed E-state index contributed by atoms with van der Waals surface area (Å²) in [6.45, 7) is 3.27. The summed E-state index contributed by atoms with van der Waals surface area (Å²) < 4.78 is 6.71. The summed E-state index contributed by atoms with van der Waals surface area (Å²) in [5.74, 6) is 1.98. The molecule has 0 aliphatic carbocycles. The smallest absolute Gasteiger partial charge is 0.0979 e. The van der Waals surface area contributed by atoms with Crippen LogP contribution < -0.4 is 0 Å². The van der Waals surface area contributed by atoms with Crippen LogP contribution in [0.2, 0.25) is 5.02 Å². The molecule has 1 unspecified atom stereocenters. The highest BCUT2D eigenvalue weighted by atomic mass is 35.5. The Morgan fingerprint density at radius 1 is 1.65 bits per heavy atom. The SMILES string of the molecule is CCSCCC(O)c1c(Cl)cnn1CCOC. The number of ether oxygens (including phenoxy) is 1. The molecule has 0 amide bonds. The predicted molar refractivity (Wildman–Crippen MR) is 71.7 cm³/mol. The van der Waals surface area contributed by atoms with Crippen molar-refractivity contribution in [3.63, 3.8) is 0 Å². The monoisotopic (exact) mass is 278 g/mol. The first-order valence-electron chi connectivity index (χ1n) is 5.66. The second kappa shape index (κ2) is 7.97. The maximum absolute atomic E-state index is 10.1. The van der Waals surface area contributed by atoms with E-state index in [0.29, 0.717) is 30.3 Å². The zero-order valence-corrected chi connectivity index (χ0v) is 11.8. The molecule has 1 N–H and O–H groups in total. The van der Waals surface area contributed by atoms with Crippen molar-refractivity contribution in [1.82, 2.24) is 9.78 Å². The third-order valence-corrected chi connectivity index (χ3v) is 3.62. The number of aliphatic hydroxyl groups excluding tert-OH is 1. The normalized spacial score (nSPS) is 12.9. The van der Waals surface area contributed by atoms with Gasteiger partial charge in [-0.1, -0.05) is 18.5 Å². The number of rotatable bonds is 8. The van der Waals surface area contributed by atoms with E-state index in [9.17, 15) is 5.11 Å². The van der Waals surface area contributed by atoms with Gasteiger partial charge >= 0.3 is 0 Å². The van der Waals surface area contributed by atoms with Gasteiger partial charge in [0.25, 0.3) is 0 Å². The zero-order chi connectivity index (χ0) is 12.7. The van der Waals surface area contributed by atoms with Crippen LogP contribution in [0.3, 0.4) is 0 Å². The van der Waals surface area contributed by atoms with E-state index in [-0.39, 0.29) is 0 Å². The molecule has 0 fully saturated rings. The first-order chi connectivity index (χ1) is 8.20. The Bertz CT molecular complexity index is 333. The van der Waals surface area contributed by atoms with Crippen LogP contribution in [0.15, 0.2) is 6.20 Å². The average molecular weight is 279 g/mol. The van der Waals surface area contributed by atoms with Gasteiger partial charge in [0.05, 0.1) is 36.2 Å². The first kappa shape index (κ1) is 14.8. The first-order valence-corrected chi connectivity index (χ1v) is 7.19. The van der Waals surface area contributed by atoms with Gasteiger partial charge < -0.3 is 9.84 Å². The number of halogens is 1. The van der Waals surface area contributed by atoms with Crippen LogP contribution in [0.25, 0.3) is 0 Å². The molecule has 17 heavy (non-hydrogen) atoms. The van der Waals surface area contributed by atoms with Gasteiger partial charge in [0.2, 0.25) is 0 Å². The van der Waals surface area contributed by atoms with Crippen LogP contribution in [0, 0.1) is 0 Å². The molecular weight excluding hydrogens is 260 g/mol. The number of hydrogen-bond acceptors (Lipinski definition) is 4. The molecule has 1 aromatic rings. The number of methoxy groups -OCH3 is 1. The molecule has 0 bridgehead atoms. The van der Waals surface area contributed by atoms with Gasteiger partial charge in [0, 0.05) is 7.11 Å². The summed E-state index contributed by atoms with van der Waals surface area (Å²) in [4.78, 5) is 0. The molecule has 0 aliphatic heterocycles.